The second kappa shape index (κ2) is 4.77. The molecule has 0 aliphatic rings. The summed E-state index contributed by atoms with van der Waals surface area (Å²) in [5.41, 5.74) is 0. The lowest BCUT2D eigenvalue weighted by molar-refractivity contribution is 0.309. The van der Waals surface area contributed by atoms with E-state index < -0.39 is 0 Å². The molecule has 2 aromatic rings. The van der Waals surface area contributed by atoms with E-state index in [4.69, 9.17) is 4.74 Å². The van der Waals surface area contributed by atoms with Gasteiger partial charge >= 0.3 is 0 Å². The Labute approximate surface area is 101 Å². The second-order valence-corrected chi connectivity index (χ2v) is 5.32. The fourth-order valence-corrected chi connectivity index (χ4v) is 2.13. The molecule has 1 heterocycles. The van der Waals surface area contributed by atoms with Crippen molar-refractivity contribution in [1.29, 1.82) is 0 Å². The summed E-state index contributed by atoms with van der Waals surface area (Å²) in [6.07, 6.45) is 1.86. The van der Waals surface area contributed by atoms with E-state index in [0.717, 1.165) is 20.1 Å². The highest BCUT2D eigenvalue weighted by atomic mass is 79.9. The highest BCUT2D eigenvalue weighted by Crippen LogP contribution is 2.19. The zero-order valence-electron chi connectivity index (χ0n) is 8.24. The quantitative estimate of drug-likeness (QED) is 0.855. The molecule has 1 aromatic carbocycles. The zero-order chi connectivity index (χ0) is 10.7. The maximum Gasteiger partial charge on any atom is 0.124 e. The van der Waals surface area contributed by atoms with Crippen LogP contribution in [0.25, 0.3) is 0 Å². The third-order valence-electron chi connectivity index (χ3n) is 1.86. The number of thiazole rings is 1. The first kappa shape index (κ1) is 10.6. The molecular weight excluding hydrogens is 274 g/mol. The van der Waals surface area contributed by atoms with Crippen LogP contribution in [-0.4, -0.2) is 4.98 Å². The molecule has 1 aromatic heterocycles. The highest BCUT2D eigenvalue weighted by Gasteiger charge is 1.99. The van der Waals surface area contributed by atoms with Crippen molar-refractivity contribution >= 4 is 27.3 Å². The Morgan fingerprint density at radius 1 is 1.33 bits per heavy atom. The largest absolute Gasteiger partial charge is 0.488 e. The molecule has 0 radical (unpaired) electrons. The average Bonchev–Trinajstić information content (AvgIpc) is 2.64. The van der Waals surface area contributed by atoms with E-state index in [0.29, 0.717) is 6.61 Å². The number of ether oxygens (including phenoxy) is 1. The third kappa shape index (κ3) is 3.04. The van der Waals surface area contributed by atoms with Crippen LogP contribution in [0.1, 0.15) is 9.88 Å². The Kier molecular flexibility index (Phi) is 3.38. The van der Waals surface area contributed by atoms with Gasteiger partial charge in [0, 0.05) is 10.7 Å². The van der Waals surface area contributed by atoms with E-state index in [2.05, 4.69) is 20.9 Å². The van der Waals surface area contributed by atoms with Crippen LogP contribution in [0.2, 0.25) is 0 Å². The summed E-state index contributed by atoms with van der Waals surface area (Å²) >= 11 is 5.05. The first-order chi connectivity index (χ1) is 7.24. The Morgan fingerprint density at radius 2 is 2.07 bits per heavy atom. The van der Waals surface area contributed by atoms with Crippen LogP contribution >= 0.6 is 27.3 Å². The van der Waals surface area contributed by atoms with Crippen LogP contribution in [0.5, 0.6) is 5.75 Å². The Hall–Kier alpha value is -0.870. The van der Waals surface area contributed by atoms with Gasteiger partial charge in [0.25, 0.3) is 0 Å². The minimum absolute atomic E-state index is 0.590. The van der Waals surface area contributed by atoms with E-state index >= 15 is 0 Å². The number of benzene rings is 1. The fourth-order valence-electron chi connectivity index (χ4n) is 1.16. The van der Waals surface area contributed by atoms with Crippen molar-refractivity contribution in [3.05, 3.63) is 44.8 Å². The Bertz CT molecular complexity index is 438. The summed E-state index contributed by atoms with van der Waals surface area (Å²) in [4.78, 5) is 5.32. The molecule has 0 spiro atoms. The van der Waals surface area contributed by atoms with Gasteiger partial charge in [-0.05, 0) is 31.2 Å². The second-order valence-electron chi connectivity index (χ2n) is 3.09. The smallest absolute Gasteiger partial charge is 0.124 e. The summed E-state index contributed by atoms with van der Waals surface area (Å²) in [5, 5.41) is 1.07. The number of hydrogen-bond acceptors (Lipinski definition) is 3. The molecule has 0 aliphatic heterocycles. The topological polar surface area (TPSA) is 22.1 Å². The third-order valence-corrected chi connectivity index (χ3v) is 3.28. The van der Waals surface area contributed by atoms with Gasteiger partial charge in [-0.25, -0.2) is 4.98 Å². The Morgan fingerprint density at radius 3 is 2.67 bits per heavy atom. The predicted molar refractivity (Wildman–Crippen MR) is 65.3 cm³/mol. The van der Waals surface area contributed by atoms with Gasteiger partial charge in [-0.1, -0.05) is 15.9 Å². The highest BCUT2D eigenvalue weighted by molar-refractivity contribution is 9.10. The van der Waals surface area contributed by atoms with Gasteiger partial charge in [0.05, 0.1) is 9.88 Å². The molecule has 0 bridgehead atoms. The lowest BCUT2D eigenvalue weighted by Gasteiger charge is -2.03. The van der Waals surface area contributed by atoms with E-state index in [1.54, 1.807) is 11.3 Å². The Balaban J connectivity index is 1.96. The van der Waals surface area contributed by atoms with Crippen LogP contribution in [0.4, 0.5) is 0 Å². The summed E-state index contributed by atoms with van der Waals surface area (Å²) in [6, 6.07) is 7.82. The summed E-state index contributed by atoms with van der Waals surface area (Å²) in [5.74, 6) is 0.879. The van der Waals surface area contributed by atoms with Crippen molar-refractivity contribution in [2.24, 2.45) is 0 Å². The monoisotopic (exact) mass is 283 g/mol. The number of nitrogens with zero attached hydrogens (tertiary/aromatic N) is 1. The number of aromatic nitrogens is 1. The molecule has 78 valence electrons. The van der Waals surface area contributed by atoms with Gasteiger partial charge in [-0.2, -0.15) is 0 Å². The van der Waals surface area contributed by atoms with Crippen LogP contribution in [0.3, 0.4) is 0 Å². The average molecular weight is 284 g/mol. The number of halogens is 1. The molecular formula is C11H10BrNOS. The van der Waals surface area contributed by atoms with Crippen molar-refractivity contribution in [3.8, 4) is 5.75 Å². The molecule has 0 saturated heterocycles. The van der Waals surface area contributed by atoms with Crippen molar-refractivity contribution in [3.63, 3.8) is 0 Å². The van der Waals surface area contributed by atoms with Crippen molar-refractivity contribution in [1.82, 2.24) is 4.98 Å². The molecule has 0 unspecified atom stereocenters. The van der Waals surface area contributed by atoms with Crippen molar-refractivity contribution in [2.45, 2.75) is 13.5 Å². The minimum atomic E-state index is 0.590. The lowest BCUT2D eigenvalue weighted by Crippen LogP contribution is -1.92. The normalized spacial score (nSPS) is 10.3. The minimum Gasteiger partial charge on any atom is -0.488 e. The number of hydrogen-bond donors (Lipinski definition) is 0. The van der Waals surface area contributed by atoms with Crippen molar-refractivity contribution < 1.29 is 4.74 Å². The predicted octanol–water partition coefficient (Wildman–Crippen LogP) is 3.79. The van der Waals surface area contributed by atoms with Gasteiger partial charge in [0.1, 0.15) is 12.4 Å². The van der Waals surface area contributed by atoms with Gasteiger partial charge in [0.2, 0.25) is 0 Å². The van der Waals surface area contributed by atoms with Gasteiger partial charge in [-0.3, -0.25) is 0 Å². The van der Waals surface area contributed by atoms with E-state index in [9.17, 15) is 0 Å². The van der Waals surface area contributed by atoms with Gasteiger partial charge in [0.15, 0.2) is 0 Å². The van der Waals surface area contributed by atoms with Crippen molar-refractivity contribution in [2.75, 3.05) is 0 Å². The van der Waals surface area contributed by atoms with Gasteiger partial charge < -0.3 is 4.74 Å². The molecule has 15 heavy (non-hydrogen) atoms. The number of aryl methyl sites for hydroxylation is 1. The van der Waals surface area contributed by atoms with E-state index in [1.807, 2.05) is 37.4 Å². The molecule has 0 aliphatic carbocycles. The summed E-state index contributed by atoms with van der Waals surface area (Å²) < 4.78 is 6.67. The maximum atomic E-state index is 5.61. The van der Waals surface area contributed by atoms with Crippen LogP contribution < -0.4 is 4.74 Å². The van der Waals surface area contributed by atoms with E-state index in [-0.39, 0.29) is 0 Å². The molecule has 0 saturated carbocycles. The maximum absolute atomic E-state index is 5.61. The molecule has 2 rings (SSSR count). The molecule has 4 heteroatoms. The zero-order valence-corrected chi connectivity index (χ0v) is 10.6. The van der Waals surface area contributed by atoms with E-state index in [1.165, 1.54) is 0 Å². The molecule has 0 fully saturated rings. The number of rotatable bonds is 3. The first-order valence-electron chi connectivity index (χ1n) is 4.54. The molecule has 0 amide bonds. The molecule has 0 atom stereocenters. The molecule has 2 nitrogen and oxygen atoms in total. The van der Waals surface area contributed by atoms with Gasteiger partial charge in [-0.15, -0.1) is 11.3 Å². The SMILES string of the molecule is Cc1ncc(COc2ccc(Br)cc2)s1. The molecule has 0 N–H and O–H groups in total. The summed E-state index contributed by atoms with van der Waals surface area (Å²) in [7, 11) is 0. The van der Waals surface area contributed by atoms with Crippen LogP contribution in [0.15, 0.2) is 34.9 Å². The standard InChI is InChI=1S/C11H10BrNOS/c1-8-13-6-11(15-8)7-14-10-4-2-9(12)3-5-10/h2-6H,7H2,1H3. The van der Waals surface area contributed by atoms with Crippen LogP contribution in [-0.2, 0) is 6.61 Å². The fraction of sp³-hybridized carbons (Fsp3) is 0.182. The summed E-state index contributed by atoms with van der Waals surface area (Å²) in [6.45, 7) is 2.58. The first-order valence-corrected chi connectivity index (χ1v) is 6.14. The lowest BCUT2D eigenvalue weighted by atomic mass is 10.3. The van der Waals surface area contributed by atoms with Crippen LogP contribution in [0, 0.1) is 6.92 Å².